The standard InChI is InChI=1S/C30H37N7O2/c1-5-35(6-2)29(38)22-11-10-18-36(19-22)30-33-27(26-28(34-30)37(20-31-26)21(3)4)32-23-14-16-25(17-15-23)39-24-12-8-7-9-13-24/h7-9,12-17,20-22H,5-6,10-11,18-19H2,1-4H3,(H,32,33,34). The molecule has 9 heteroatoms. The van der Waals surface area contributed by atoms with Gasteiger partial charge in [0.1, 0.15) is 11.5 Å². The summed E-state index contributed by atoms with van der Waals surface area (Å²) in [7, 11) is 0. The highest BCUT2D eigenvalue weighted by Gasteiger charge is 2.30. The molecule has 1 unspecified atom stereocenters. The number of benzene rings is 2. The number of ether oxygens (including phenoxy) is 1. The van der Waals surface area contributed by atoms with Gasteiger partial charge in [-0.1, -0.05) is 18.2 Å². The van der Waals surface area contributed by atoms with E-state index in [1.807, 2.05) is 79.7 Å². The minimum absolute atomic E-state index is 0.0541. The van der Waals surface area contributed by atoms with E-state index >= 15 is 0 Å². The van der Waals surface area contributed by atoms with Gasteiger partial charge in [0.15, 0.2) is 17.0 Å². The third-order valence-electron chi connectivity index (χ3n) is 7.19. The summed E-state index contributed by atoms with van der Waals surface area (Å²) in [4.78, 5) is 31.7. The molecule has 9 nitrogen and oxygen atoms in total. The molecule has 204 valence electrons. The summed E-state index contributed by atoms with van der Waals surface area (Å²) in [6.07, 6.45) is 3.63. The second kappa shape index (κ2) is 11.7. The van der Waals surface area contributed by atoms with Crippen molar-refractivity contribution in [2.24, 2.45) is 5.92 Å². The Labute approximate surface area is 229 Å². The minimum Gasteiger partial charge on any atom is -0.457 e. The van der Waals surface area contributed by atoms with Gasteiger partial charge in [0, 0.05) is 37.9 Å². The van der Waals surface area contributed by atoms with Crippen LogP contribution < -0.4 is 15.0 Å². The van der Waals surface area contributed by atoms with Gasteiger partial charge in [0.05, 0.1) is 12.2 Å². The Morgan fingerprint density at radius 2 is 1.77 bits per heavy atom. The number of para-hydroxylation sites is 1. The van der Waals surface area contributed by atoms with Crippen LogP contribution in [0.4, 0.5) is 17.5 Å². The monoisotopic (exact) mass is 527 g/mol. The Morgan fingerprint density at radius 3 is 2.46 bits per heavy atom. The molecule has 4 aromatic rings. The zero-order valence-corrected chi connectivity index (χ0v) is 23.2. The van der Waals surface area contributed by atoms with Gasteiger partial charge in [-0.2, -0.15) is 9.97 Å². The molecule has 0 aliphatic carbocycles. The first-order chi connectivity index (χ1) is 19.0. The lowest BCUT2D eigenvalue weighted by atomic mass is 9.96. The Kier molecular flexibility index (Phi) is 7.95. The van der Waals surface area contributed by atoms with Gasteiger partial charge in [-0.05, 0) is 76.9 Å². The highest BCUT2D eigenvalue weighted by molar-refractivity contribution is 5.87. The first-order valence-corrected chi connectivity index (χ1v) is 13.8. The molecule has 3 heterocycles. The second-order valence-corrected chi connectivity index (χ2v) is 10.2. The highest BCUT2D eigenvalue weighted by atomic mass is 16.5. The fraction of sp³-hybridized carbons (Fsp3) is 0.400. The van der Waals surface area contributed by atoms with E-state index in [0.29, 0.717) is 23.8 Å². The molecule has 0 saturated carbocycles. The van der Waals surface area contributed by atoms with Gasteiger partial charge in [-0.3, -0.25) is 4.79 Å². The van der Waals surface area contributed by atoms with E-state index in [1.165, 1.54) is 0 Å². The van der Waals surface area contributed by atoms with Gasteiger partial charge < -0.3 is 24.4 Å². The number of carbonyl (C=O) groups excluding carboxylic acids is 1. The van der Waals surface area contributed by atoms with Gasteiger partial charge in [-0.15, -0.1) is 0 Å². The van der Waals surface area contributed by atoms with E-state index in [9.17, 15) is 4.79 Å². The van der Waals surface area contributed by atoms with E-state index in [-0.39, 0.29) is 17.9 Å². The molecule has 5 rings (SSSR count). The topological polar surface area (TPSA) is 88.4 Å². The number of imidazole rings is 1. The molecule has 1 aliphatic heterocycles. The number of nitrogens with zero attached hydrogens (tertiary/aromatic N) is 6. The maximum absolute atomic E-state index is 13.1. The average molecular weight is 528 g/mol. The second-order valence-electron chi connectivity index (χ2n) is 10.2. The molecule has 1 aliphatic rings. The third-order valence-corrected chi connectivity index (χ3v) is 7.19. The van der Waals surface area contributed by atoms with Crippen molar-refractivity contribution in [1.82, 2.24) is 24.4 Å². The maximum Gasteiger partial charge on any atom is 0.229 e. The number of piperidine rings is 1. The Bertz CT molecular complexity index is 1400. The normalized spacial score (nSPS) is 15.5. The largest absolute Gasteiger partial charge is 0.457 e. The van der Waals surface area contributed by atoms with E-state index < -0.39 is 0 Å². The SMILES string of the molecule is CCN(CC)C(=O)C1CCCN(c2nc(Nc3ccc(Oc4ccccc4)cc3)c3ncn(C(C)C)c3n2)C1. The number of amides is 1. The molecule has 2 aromatic carbocycles. The lowest BCUT2D eigenvalue weighted by Gasteiger charge is -2.34. The smallest absolute Gasteiger partial charge is 0.229 e. The van der Waals surface area contributed by atoms with Gasteiger partial charge in [0.2, 0.25) is 11.9 Å². The molecule has 0 radical (unpaired) electrons. The zero-order valence-electron chi connectivity index (χ0n) is 23.2. The molecule has 1 amide bonds. The molecule has 0 bridgehead atoms. The number of nitrogens with one attached hydrogen (secondary N) is 1. The van der Waals surface area contributed by atoms with Crippen LogP contribution in [-0.4, -0.2) is 56.5 Å². The molecule has 1 saturated heterocycles. The number of hydrogen-bond acceptors (Lipinski definition) is 7. The molecule has 2 aromatic heterocycles. The van der Waals surface area contributed by atoms with Crippen molar-refractivity contribution in [3.63, 3.8) is 0 Å². The fourth-order valence-corrected chi connectivity index (χ4v) is 5.03. The van der Waals surface area contributed by atoms with Crippen LogP contribution >= 0.6 is 0 Å². The van der Waals surface area contributed by atoms with Crippen molar-refractivity contribution in [2.45, 2.75) is 46.6 Å². The Balaban J connectivity index is 1.42. The number of fused-ring (bicyclic) bond motifs is 1. The van der Waals surface area contributed by atoms with Crippen molar-refractivity contribution < 1.29 is 9.53 Å². The molecule has 1 atom stereocenters. The molecular formula is C30H37N7O2. The predicted octanol–water partition coefficient (Wildman–Crippen LogP) is 6.03. The first-order valence-electron chi connectivity index (χ1n) is 13.8. The number of carbonyl (C=O) groups is 1. The Hall–Kier alpha value is -4.14. The van der Waals surface area contributed by atoms with Crippen LogP contribution in [0, 0.1) is 5.92 Å². The van der Waals surface area contributed by atoms with Crippen molar-refractivity contribution in [1.29, 1.82) is 0 Å². The van der Waals surface area contributed by atoms with Crippen LogP contribution in [0.3, 0.4) is 0 Å². The maximum atomic E-state index is 13.1. The summed E-state index contributed by atoms with van der Waals surface area (Å²) in [5.74, 6) is 2.97. The van der Waals surface area contributed by atoms with Gasteiger partial charge in [0.25, 0.3) is 0 Å². The first kappa shape index (κ1) is 26.5. The summed E-state index contributed by atoms with van der Waals surface area (Å²) < 4.78 is 8.00. The van der Waals surface area contributed by atoms with Crippen LogP contribution in [0.1, 0.15) is 46.6 Å². The summed E-state index contributed by atoms with van der Waals surface area (Å²) in [5, 5.41) is 3.46. The summed E-state index contributed by atoms with van der Waals surface area (Å²) in [5.41, 5.74) is 2.36. The highest BCUT2D eigenvalue weighted by Crippen LogP contribution is 2.30. The summed E-state index contributed by atoms with van der Waals surface area (Å²) in [6, 6.07) is 17.7. The van der Waals surface area contributed by atoms with Crippen molar-refractivity contribution in [3.8, 4) is 11.5 Å². The van der Waals surface area contributed by atoms with Crippen molar-refractivity contribution in [3.05, 3.63) is 60.9 Å². The predicted molar refractivity (Wildman–Crippen MR) is 155 cm³/mol. The van der Waals surface area contributed by atoms with Crippen LogP contribution in [-0.2, 0) is 4.79 Å². The number of anilines is 3. The third kappa shape index (κ3) is 5.82. The van der Waals surface area contributed by atoms with E-state index in [0.717, 1.165) is 55.3 Å². The Morgan fingerprint density at radius 1 is 1.05 bits per heavy atom. The molecular weight excluding hydrogens is 490 g/mol. The zero-order chi connectivity index (χ0) is 27.4. The summed E-state index contributed by atoms with van der Waals surface area (Å²) in [6.45, 7) is 11.2. The minimum atomic E-state index is -0.0541. The van der Waals surface area contributed by atoms with Crippen molar-refractivity contribution >= 4 is 34.5 Å². The molecule has 39 heavy (non-hydrogen) atoms. The van der Waals surface area contributed by atoms with Crippen molar-refractivity contribution in [2.75, 3.05) is 36.4 Å². The number of hydrogen-bond donors (Lipinski definition) is 1. The van der Waals surface area contributed by atoms with Gasteiger partial charge >= 0.3 is 0 Å². The van der Waals surface area contributed by atoms with Crippen LogP contribution in [0.5, 0.6) is 11.5 Å². The van der Waals surface area contributed by atoms with E-state index in [2.05, 4.69) is 33.6 Å². The molecule has 0 spiro atoms. The lowest BCUT2D eigenvalue weighted by Crippen LogP contribution is -2.45. The fourth-order valence-electron chi connectivity index (χ4n) is 5.03. The summed E-state index contributed by atoms with van der Waals surface area (Å²) >= 11 is 0. The van der Waals surface area contributed by atoms with Crippen LogP contribution in [0.15, 0.2) is 60.9 Å². The van der Waals surface area contributed by atoms with Gasteiger partial charge in [-0.25, -0.2) is 4.98 Å². The van der Waals surface area contributed by atoms with Crippen LogP contribution in [0.25, 0.3) is 11.2 Å². The quantitative estimate of drug-likeness (QED) is 0.284. The molecule has 1 N–H and O–H groups in total. The van der Waals surface area contributed by atoms with Crippen LogP contribution in [0.2, 0.25) is 0 Å². The number of aromatic nitrogens is 4. The number of rotatable bonds is 9. The average Bonchev–Trinajstić information content (AvgIpc) is 3.40. The van der Waals surface area contributed by atoms with E-state index in [4.69, 9.17) is 14.7 Å². The van der Waals surface area contributed by atoms with E-state index in [1.54, 1.807) is 0 Å². The lowest BCUT2D eigenvalue weighted by molar-refractivity contribution is -0.135. The molecule has 1 fully saturated rings.